The lowest BCUT2D eigenvalue weighted by atomic mass is 9.97. The van der Waals surface area contributed by atoms with Gasteiger partial charge in [-0.2, -0.15) is 11.8 Å². The van der Waals surface area contributed by atoms with Gasteiger partial charge in [-0.05, 0) is 59.1 Å². The lowest BCUT2D eigenvalue weighted by molar-refractivity contribution is 0.422. The van der Waals surface area contributed by atoms with Crippen LogP contribution in [0.25, 0.3) is 0 Å². The Kier molecular flexibility index (Phi) is 5.32. The zero-order valence-corrected chi connectivity index (χ0v) is 12.6. The van der Waals surface area contributed by atoms with Gasteiger partial charge in [-0.1, -0.05) is 6.92 Å². The Morgan fingerprint density at radius 3 is 3.06 bits per heavy atom. The molecule has 0 saturated carbocycles. The molecule has 1 fully saturated rings. The number of aromatic nitrogens is 1. The predicted octanol–water partition coefficient (Wildman–Crippen LogP) is 3.12. The monoisotopic (exact) mass is 314 g/mol. The van der Waals surface area contributed by atoms with Crippen LogP contribution in [0.15, 0.2) is 22.8 Å². The molecule has 2 nitrogen and oxygen atoms in total. The molecule has 4 heteroatoms. The second-order valence-electron chi connectivity index (χ2n) is 4.53. The van der Waals surface area contributed by atoms with Crippen LogP contribution in [0, 0.1) is 5.92 Å². The first-order chi connectivity index (χ1) is 8.29. The number of pyridine rings is 1. The summed E-state index contributed by atoms with van der Waals surface area (Å²) in [6, 6.07) is 4.88. The molecule has 1 aliphatic heterocycles. The molecule has 1 N–H and O–H groups in total. The van der Waals surface area contributed by atoms with Crippen LogP contribution in [-0.2, 0) is 6.42 Å². The van der Waals surface area contributed by atoms with Gasteiger partial charge in [0.25, 0.3) is 0 Å². The van der Waals surface area contributed by atoms with E-state index in [4.69, 9.17) is 0 Å². The highest BCUT2D eigenvalue weighted by Crippen LogP contribution is 2.27. The second-order valence-corrected chi connectivity index (χ2v) is 6.52. The predicted molar refractivity (Wildman–Crippen MR) is 78.5 cm³/mol. The van der Waals surface area contributed by atoms with Gasteiger partial charge in [-0.25, -0.2) is 0 Å². The van der Waals surface area contributed by atoms with Crippen molar-refractivity contribution in [3.05, 3.63) is 28.5 Å². The Morgan fingerprint density at radius 2 is 2.35 bits per heavy atom. The minimum atomic E-state index is 0.672. The van der Waals surface area contributed by atoms with Crippen LogP contribution in [0.1, 0.15) is 19.0 Å². The van der Waals surface area contributed by atoms with Gasteiger partial charge >= 0.3 is 0 Å². The highest BCUT2D eigenvalue weighted by Gasteiger charge is 2.27. The Bertz CT molecular complexity index is 342. The normalized spacial score (nSPS) is 24.1. The molecular weight excluding hydrogens is 296 g/mol. The third-order valence-corrected chi connectivity index (χ3v) is 4.84. The standard InChI is InChI=1S/C13H19BrN2S/c1-2-5-15-13-9-17-8-10(13)6-12-4-3-11(14)7-16-12/h3-4,7,10,13,15H,2,5-6,8-9H2,1H3. The summed E-state index contributed by atoms with van der Waals surface area (Å²) < 4.78 is 1.06. The van der Waals surface area contributed by atoms with E-state index in [2.05, 4.69) is 57.0 Å². The maximum absolute atomic E-state index is 4.47. The number of halogens is 1. The quantitative estimate of drug-likeness (QED) is 0.904. The van der Waals surface area contributed by atoms with Crippen LogP contribution in [0.2, 0.25) is 0 Å². The van der Waals surface area contributed by atoms with Gasteiger partial charge in [0.2, 0.25) is 0 Å². The van der Waals surface area contributed by atoms with Crippen molar-refractivity contribution in [2.45, 2.75) is 25.8 Å². The number of thioether (sulfide) groups is 1. The van der Waals surface area contributed by atoms with Crippen LogP contribution in [-0.4, -0.2) is 29.1 Å². The minimum Gasteiger partial charge on any atom is -0.313 e. The highest BCUT2D eigenvalue weighted by atomic mass is 79.9. The molecule has 0 aliphatic carbocycles. The molecule has 1 aliphatic rings. The number of hydrogen-bond donors (Lipinski definition) is 1. The molecule has 0 spiro atoms. The zero-order chi connectivity index (χ0) is 12.1. The molecule has 94 valence electrons. The van der Waals surface area contributed by atoms with Crippen LogP contribution < -0.4 is 5.32 Å². The smallest absolute Gasteiger partial charge is 0.0413 e. The third kappa shape index (κ3) is 3.97. The molecule has 1 saturated heterocycles. The lowest BCUT2D eigenvalue weighted by Gasteiger charge is -2.19. The van der Waals surface area contributed by atoms with Crippen LogP contribution >= 0.6 is 27.7 Å². The lowest BCUT2D eigenvalue weighted by Crippen LogP contribution is -2.36. The van der Waals surface area contributed by atoms with E-state index in [0.29, 0.717) is 6.04 Å². The van der Waals surface area contributed by atoms with Gasteiger partial charge < -0.3 is 5.32 Å². The molecule has 0 aromatic carbocycles. The third-order valence-electron chi connectivity index (χ3n) is 3.11. The van der Waals surface area contributed by atoms with Crippen molar-refractivity contribution in [2.24, 2.45) is 5.92 Å². The number of hydrogen-bond acceptors (Lipinski definition) is 3. The van der Waals surface area contributed by atoms with E-state index in [1.54, 1.807) is 0 Å². The fourth-order valence-corrected chi connectivity index (χ4v) is 3.82. The fraction of sp³-hybridized carbons (Fsp3) is 0.615. The Morgan fingerprint density at radius 1 is 1.47 bits per heavy atom. The SMILES string of the molecule is CCCNC1CSCC1Cc1ccc(Br)cn1. The van der Waals surface area contributed by atoms with Crippen LogP contribution in [0.5, 0.6) is 0 Å². The van der Waals surface area contributed by atoms with Crippen molar-refractivity contribution in [1.29, 1.82) is 0 Å². The van der Waals surface area contributed by atoms with Crippen LogP contribution in [0.3, 0.4) is 0 Å². The molecule has 0 bridgehead atoms. The van der Waals surface area contributed by atoms with Crippen molar-refractivity contribution in [3.63, 3.8) is 0 Å². The summed E-state index contributed by atoms with van der Waals surface area (Å²) in [6.45, 7) is 3.36. The van der Waals surface area contributed by atoms with E-state index in [-0.39, 0.29) is 0 Å². The van der Waals surface area contributed by atoms with E-state index in [1.165, 1.54) is 23.6 Å². The number of nitrogens with zero attached hydrogens (tertiary/aromatic N) is 1. The maximum atomic E-state index is 4.47. The fourth-order valence-electron chi connectivity index (χ4n) is 2.15. The summed E-state index contributed by atoms with van der Waals surface area (Å²) in [5, 5.41) is 3.66. The van der Waals surface area contributed by atoms with E-state index in [9.17, 15) is 0 Å². The van der Waals surface area contributed by atoms with Gasteiger partial charge in [0.05, 0.1) is 0 Å². The van der Waals surface area contributed by atoms with Gasteiger partial charge in [0.15, 0.2) is 0 Å². The maximum Gasteiger partial charge on any atom is 0.0413 e. The second kappa shape index (κ2) is 6.76. The summed E-state index contributed by atoms with van der Waals surface area (Å²) in [5.74, 6) is 3.25. The molecule has 2 heterocycles. The molecule has 17 heavy (non-hydrogen) atoms. The number of nitrogens with one attached hydrogen (secondary N) is 1. The zero-order valence-electron chi connectivity index (χ0n) is 10.2. The molecule has 2 unspecified atom stereocenters. The first-order valence-electron chi connectivity index (χ1n) is 6.21. The van der Waals surface area contributed by atoms with Crippen LogP contribution in [0.4, 0.5) is 0 Å². The summed E-state index contributed by atoms with van der Waals surface area (Å²) in [7, 11) is 0. The molecule has 0 radical (unpaired) electrons. The Hall–Kier alpha value is -0.0600. The minimum absolute atomic E-state index is 0.672. The first kappa shape index (κ1) is 13.4. The average Bonchev–Trinajstić information content (AvgIpc) is 2.77. The van der Waals surface area contributed by atoms with Crippen molar-refractivity contribution in [1.82, 2.24) is 10.3 Å². The van der Waals surface area contributed by atoms with Crippen molar-refractivity contribution in [3.8, 4) is 0 Å². The summed E-state index contributed by atoms with van der Waals surface area (Å²) in [5.41, 5.74) is 1.21. The average molecular weight is 315 g/mol. The Balaban J connectivity index is 1.90. The van der Waals surface area contributed by atoms with Gasteiger partial charge in [-0.3, -0.25) is 4.98 Å². The van der Waals surface area contributed by atoms with Gasteiger partial charge in [-0.15, -0.1) is 0 Å². The van der Waals surface area contributed by atoms with Gasteiger partial charge in [0, 0.05) is 28.2 Å². The molecule has 2 rings (SSSR count). The van der Waals surface area contributed by atoms with E-state index in [1.807, 2.05) is 6.20 Å². The van der Waals surface area contributed by atoms with Gasteiger partial charge in [0.1, 0.15) is 0 Å². The summed E-state index contributed by atoms with van der Waals surface area (Å²) >= 11 is 5.49. The largest absolute Gasteiger partial charge is 0.313 e. The van der Waals surface area contributed by atoms with Crippen molar-refractivity contribution < 1.29 is 0 Å². The first-order valence-corrected chi connectivity index (χ1v) is 8.16. The highest BCUT2D eigenvalue weighted by molar-refractivity contribution is 9.10. The topological polar surface area (TPSA) is 24.9 Å². The molecule has 1 aromatic heterocycles. The summed E-state index contributed by atoms with van der Waals surface area (Å²) in [4.78, 5) is 4.47. The molecule has 2 atom stereocenters. The summed E-state index contributed by atoms with van der Waals surface area (Å²) in [6.07, 6.45) is 4.21. The van der Waals surface area contributed by atoms with Crippen molar-refractivity contribution >= 4 is 27.7 Å². The van der Waals surface area contributed by atoms with E-state index >= 15 is 0 Å². The molecule has 0 amide bonds. The number of rotatable bonds is 5. The molecular formula is C13H19BrN2S. The van der Waals surface area contributed by atoms with E-state index < -0.39 is 0 Å². The Labute approximate surface area is 116 Å². The van der Waals surface area contributed by atoms with E-state index in [0.717, 1.165) is 23.4 Å². The van der Waals surface area contributed by atoms with Crippen molar-refractivity contribution in [2.75, 3.05) is 18.1 Å². The molecule has 1 aromatic rings.